The maximum absolute atomic E-state index is 6.14. The normalized spacial score (nSPS) is 25.5. The first-order chi connectivity index (χ1) is 9.19. The molecule has 1 aromatic rings. The van der Waals surface area contributed by atoms with Gasteiger partial charge in [0.1, 0.15) is 6.33 Å². The number of piperidine rings is 1. The Hall–Kier alpha value is -1.00. The van der Waals surface area contributed by atoms with E-state index in [0.717, 1.165) is 25.9 Å². The molecule has 1 fully saturated rings. The first kappa shape index (κ1) is 13.0. The van der Waals surface area contributed by atoms with Crippen molar-refractivity contribution in [2.24, 2.45) is 5.41 Å². The number of nitrogens with one attached hydrogen (secondary N) is 1. The first-order valence-corrected chi connectivity index (χ1v) is 7.33. The summed E-state index contributed by atoms with van der Waals surface area (Å²) in [5.41, 5.74) is 2.79. The maximum atomic E-state index is 6.14. The van der Waals surface area contributed by atoms with E-state index in [0.29, 0.717) is 5.41 Å². The minimum Gasteiger partial charge on any atom is -0.371 e. The van der Waals surface area contributed by atoms with Gasteiger partial charge in [-0.25, -0.2) is 9.97 Å². The molecule has 19 heavy (non-hydrogen) atoms. The molecule has 1 atom stereocenters. The number of ether oxygens (including phenoxy) is 1. The fourth-order valence-electron chi connectivity index (χ4n) is 3.50. The van der Waals surface area contributed by atoms with E-state index in [-0.39, 0.29) is 12.2 Å². The van der Waals surface area contributed by atoms with Crippen LogP contribution in [0, 0.1) is 5.41 Å². The van der Waals surface area contributed by atoms with Crippen molar-refractivity contribution in [2.45, 2.75) is 51.7 Å². The van der Waals surface area contributed by atoms with Crippen LogP contribution in [-0.2, 0) is 11.2 Å². The molecule has 0 radical (unpaired) electrons. The third-order valence-electron chi connectivity index (χ3n) is 4.44. The van der Waals surface area contributed by atoms with E-state index >= 15 is 0 Å². The Morgan fingerprint density at radius 2 is 2.16 bits per heavy atom. The standard InChI is InChI=1S/C15H23N3O/c1-11(2)19-14-8-15(3-5-16-6-4-15)7-13-12(14)9-17-10-18-13/h9-11,14,16H,3-8H2,1-2H3. The highest BCUT2D eigenvalue weighted by atomic mass is 16.5. The Balaban J connectivity index is 1.91. The number of rotatable bonds is 2. The molecule has 1 aliphatic heterocycles. The topological polar surface area (TPSA) is 47.0 Å². The van der Waals surface area contributed by atoms with Crippen molar-refractivity contribution in [3.05, 3.63) is 23.8 Å². The molecule has 4 nitrogen and oxygen atoms in total. The minimum absolute atomic E-state index is 0.169. The van der Waals surface area contributed by atoms with Crippen LogP contribution in [0.3, 0.4) is 0 Å². The van der Waals surface area contributed by atoms with Crippen molar-refractivity contribution in [3.8, 4) is 0 Å². The van der Waals surface area contributed by atoms with Gasteiger partial charge in [0.25, 0.3) is 0 Å². The summed E-state index contributed by atoms with van der Waals surface area (Å²) in [6, 6.07) is 0. The molecule has 1 N–H and O–H groups in total. The van der Waals surface area contributed by atoms with Crippen LogP contribution in [0.5, 0.6) is 0 Å². The monoisotopic (exact) mass is 261 g/mol. The predicted octanol–water partition coefficient (Wildman–Crippen LogP) is 2.26. The third-order valence-corrected chi connectivity index (χ3v) is 4.44. The summed E-state index contributed by atoms with van der Waals surface area (Å²) in [7, 11) is 0. The number of nitrogens with zero attached hydrogens (tertiary/aromatic N) is 2. The van der Waals surface area contributed by atoms with Crippen LogP contribution in [0.1, 0.15) is 50.5 Å². The molecule has 0 amide bonds. The molecular formula is C15H23N3O. The fraction of sp³-hybridized carbons (Fsp3) is 0.733. The van der Waals surface area contributed by atoms with Crippen LogP contribution in [0.2, 0.25) is 0 Å². The highest BCUT2D eigenvalue weighted by molar-refractivity contribution is 5.25. The maximum Gasteiger partial charge on any atom is 0.115 e. The SMILES string of the molecule is CC(C)OC1CC2(CCNCC2)Cc2ncncc21. The molecule has 0 saturated carbocycles. The highest BCUT2D eigenvalue weighted by Crippen LogP contribution is 2.47. The number of fused-ring (bicyclic) bond motifs is 1. The molecule has 1 unspecified atom stereocenters. The van der Waals surface area contributed by atoms with Gasteiger partial charge in [0, 0.05) is 11.8 Å². The molecule has 1 aromatic heterocycles. The van der Waals surface area contributed by atoms with E-state index in [4.69, 9.17) is 4.74 Å². The van der Waals surface area contributed by atoms with Crippen molar-refractivity contribution < 1.29 is 4.74 Å². The second kappa shape index (κ2) is 5.17. The zero-order chi connectivity index (χ0) is 13.3. The van der Waals surface area contributed by atoms with Gasteiger partial charge in [0.15, 0.2) is 0 Å². The van der Waals surface area contributed by atoms with Gasteiger partial charge in [0.05, 0.1) is 17.9 Å². The quantitative estimate of drug-likeness (QED) is 0.887. The van der Waals surface area contributed by atoms with E-state index in [1.165, 1.54) is 24.1 Å². The van der Waals surface area contributed by atoms with Crippen molar-refractivity contribution in [2.75, 3.05) is 13.1 Å². The summed E-state index contributed by atoms with van der Waals surface area (Å²) >= 11 is 0. The lowest BCUT2D eigenvalue weighted by Crippen LogP contribution is -2.42. The lowest BCUT2D eigenvalue weighted by molar-refractivity contribution is -0.0384. The lowest BCUT2D eigenvalue weighted by Gasteiger charge is -2.44. The van der Waals surface area contributed by atoms with Crippen LogP contribution in [-0.4, -0.2) is 29.2 Å². The van der Waals surface area contributed by atoms with Gasteiger partial charge in [-0.15, -0.1) is 0 Å². The van der Waals surface area contributed by atoms with Gasteiger partial charge in [-0.1, -0.05) is 0 Å². The molecule has 0 bridgehead atoms. The molecule has 2 aliphatic rings. The van der Waals surface area contributed by atoms with Crippen molar-refractivity contribution in [3.63, 3.8) is 0 Å². The largest absolute Gasteiger partial charge is 0.371 e. The Labute approximate surface area is 115 Å². The van der Waals surface area contributed by atoms with E-state index in [2.05, 4.69) is 29.1 Å². The zero-order valence-electron chi connectivity index (χ0n) is 11.9. The Morgan fingerprint density at radius 1 is 1.37 bits per heavy atom. The summed E-state index contributed by atoms with van der Waals surface area (Å²) in [6.45, 7) is 6.45. The molecule has 2 heterocycles. The summed E-state index contributed by atoms with van der Waals surface area (Å²) in [6.07, 6.45) is 8.70. The van der Waals surface area contributed by atoms with Gasteiger partial charge in [-0.3, -0.25) is 0 Å². The average Bonchev–Trinajstić information content (AvgIpc) is 2.39. The Morgan fingerprint density at radius 3 is 2.89 bits per heavy atom. The van der Waals surface area contributed by atoms with Crippen LogP contribution in [0.4, 0.5) is 0 Å². The summed E-state index contributed by atoms with van der Waals surface area (Å²) < 4.78 is 6.14. The van der Waals surface area contributed by atoms with E-state index in [1.54, 1.807) is 6.33 Å². The van der Waals surface area contributed by atoms with Gasteiger partial charge >= 0.3 is 0 Å². The molecule has 1 spiro atoms. The lowest BCUT2D eigenvalue weighted by atomic mass is 9.67. The summed E-state index contributed by atoms with van der Waals surface area (Å²) in [5.74, 6) is 0. The molecular weight excluding hydrogens is 238 g/mol. The van der Waals surface area contributed by atoms with Crippen molar-refractivity contribution >= 4 is 0 Å². The Bertz CT molecular complexity index is 441. The smallest absolute Gasteiger partial charge is 0.115 e. The predicted molar refractivity (Wildman–Crippen MR) is 73.9 cm³/mol. The number of hydrogen-bond acceptors (Lipinski definition) is 4. The van der Waals surface area contributed by atoms with Gasteiger partial charge in [-0.2, -0.15) is 0 Å². The van der Waals surface area contributed by atoms with E-state index < -0.39 is 0 Å². The fourth-order valence-corrected chi connectivity index (χ4v) is 3.50. The van der Waals surface area contributed by atoms with Gasteiger partial charge in [0.2, 0.25) is 0 Å². The molecule has 4 heteroatoms. The van der Waals surface area contributed by atoms with Crippen LogP contribution >= 0.6 is 0 Å². The number of hydrogen-bond donors (Lipinski definition) is 1. The second-order valence-electron chi connectivity index (χ2n) is 6.23. The molecule has 1 saturated heterocycles. The van der Waals surface area contributed by atoms with E-state index in [9.17, 15) is 0 Å². The molecule has 104 valence electrons. The van der Waals surface area contributed by atoms with Crippen LogP contribution in [0.25, 0.3) is 0 Å². The van der Waals surface area contributed by atoms with Crippen molar-refractivity contribution in [1.29, 1.82) is 0 Å². The summed E-state index contributed by atoms with van der Waals surface area (Å²) in [4.78, 5) is 8.70. The first-order valence-electron chi connectivity index (χ1n) is 7.33. The molecule has 0 aromatic carbocycles. The third kappa shape index (κ3) is 2.65. The average molecular weight is 261 g/mol. The van der Waals surface area contributed by atoms with Crippen LogP contribution < -0.4 is 5.32 Å². The minimum atomic E-state index is 0.169. The molecule has 1 aliphatic carbocycles. The molecule has 3 rings (SSSR count). The second-order valence-corrected chi connectivity index (χ2v) is 6.23. The van der Waals surface area contributed by atoms with Gasteiger partial charge < -0.3 is 10.1 Å². The summed E-state index contributed by atoms with van der Waals surface area (Å²) in [5, 5.41) is 3.46. The van der Waals surface area contributed by atoms with Gasteiger partial charge in [-0.05, 0) is 58.0 Å². The highest BCUT2D eigenvalue weighted by Gasteiger charge is 2.41. The Kier molecular flexibility index (Phi) is 3.54. The van der Waals surface area contributed by atoms with E-state index in [1.807, 2.05) is 6.20 Å². The van der Waals surface area contributed by atoms with Crippen molar-refractivity contribution in [1.82, 2.24) is 15.3 Å². The zero-order valence-corrected chi connectivity index (χ0v) is 11.9. The van der Waals surface area contributed by atoms with Crippen LogP contribution in [0.15, 0.2) is 12.5 Å². The number of aromatic nitrogens is 2.